The first kappa shape index (κ1) is 13.0. The second-order valence-corrected chi connectivity index (χ2v) is 3.89. The van der Waals surface area contributed by atoms with Gasteiger partial charge in [-0.1, -0.05) is 18.2 Å². The third kappa shape index (κ3) is 2.68. The normalized spacial score (nSPS) is 12.8. The number of aliphatic imine (C=N–C) groups is 2. The number of nitrogens with one attached hydrogen (secondary N) is 1. The molecule has 96 valence electrons. The summed E-state index contributed by atoms with van der Waals surface area (Å²) < 4.78 is 0. The van der Waals surface area contributed by atoms with Gasteiger partial charge in [0.15, 0.2) is 0 Å². The fourth-order valence-electron chi connectivity index (χ4n) is 1.83. The van der Waals surface area contributed by atoms with Crippen molar-refractivity contribution in [1.29, 1.82) is 0 Å². The van der Waals surface area contributed by atoms with Crippen LogP contribution in [0.25, 0.3) is 10.9 Å². The number of hydrogen-bond acceptors (Lipinski definition) is 3. The topological polar surface area (TPSA) is 57.6 Å². The maximum atomic E-state index is 12.4. The number of hydrogen-bond donors (Lipinski definition) is 1. The molecule has 1 N–H and O–H groups in total. The molecule has 4 nitrogen and oxygen atoms in total. The van der Waals surface area contributed by atoms with Crippen LogP contribution < -0.4 is 0 Å². The second-order valence-electron chi connectivity index (χ2n) is 3.89. The Bertz CT molecular complexity index is 678. The largest absolute Gasteiger partial charge is 0.360 e. The quantitative estimate of drug-likeness (QED) is 0.507. The van der Waals surface area contributed by atoms with Gasteiger partial charge < -0.3 is 4.98 Å². The molecule has 19 heavy (non-hydrogen) atoms. The number of aromatic amines is 1. The molecule has 1 aromatic carbocycles. The third-order valence-electron chi connectivity index (χ3n) is 2.68. The molecule has 0 spiro atoms. The van der Waals surface area contributed by atoms with E-state index in [1.807, 2.05) is 24.3 Å². The van der Waals surface area contributed by atoms with Crippen molar-refractivity contribution in [1.82, 2.24) is 4.98 Å². The lowest BCUT2D eigenvalue weighted by atomic mass is 10.1. The molecule has 2 rings (SSSR count). The number of ketones is 1. The van der Waals surface area contributed by atoms with Crippen LogP contribution in [0, 0.1) is 0 Å². The first-order valence-electron chi connectivity index (χ1n) is 6.05. The Morgan fingerprint density at radius 2 is 2.00 bits per heavy atom. The van der Waals surface area contributed by atoms with Crippen LogP contribution >= 0.6 is 0 Å². The number of carbonyl (C=O) groups excluding carboxylic acids is 1. The van der Waals surface area contributed by atoms with Gasteiger partial charge in [0.2, 0.25) is 5.78 Å². The number of Topliss-reactive ketones (excluding diaryl/α,β-unsaturated/α-hetero) is 1. The molecule has 0 atom stereocenters. The lowest BCUT2D eigenvalue weighted by Gasteiger charge is -1.99. The standard InChI is InChI=1S/C15H15N3O/c1-3-16-10-14(17-4-2)15(19)12-9-18-13-8-6-5-7-11(12)13/h3-10,18H,1-2H3/b14-10-,16-3?,17-4?. The minimum atomic E-state index is -0.138. The molecule has 0 aliphatic carbocycles. The van der Waals surface area contributed by atoms with Crippen molar-refractivity contribution in [2.75, 3.05) is 0 Å². The van der Waals surface area contributed by atoms with Gasteiger partial charge in [-0.05, 0) is 19.9 Å². The van der Waals surface area contributed by atoms with Crippen LogP contribution in [-0.4, -0.2) is 23.2 Å². The van der Waals surface area contributed by atoms with E-state index in [4.69, 9.17) is 0 Å². The summed E-state index contributed by atoms with van der Waals surface area (Å²) in [5, 5.41) is 0.894. The molecule has 0 amide bonds. The summed E-state index contributed by atoms with van der Waals surface area (Å²) in [6.45, 7) is 3.56. The van der Waals surface area contributed by atoms with Crippen molar-refractivity contribution in [2.45, 2.75) is 13.8 Å². The minimum absolute atomic E-state index is 0.138. The van der Waals surface area contributed by atoms with E-state index in [0.29, 0.717) is 11.3 Å². The number of allylic oxidation sites excluding steroid dienone is 1. The molecule has 0 radical (unpaired) electrons. The van der Waals surface area contributed by atoms with Gasteiger partial charge in [-0.15, -0.1) is 0 Å². The van der Waals surface area contributed by atoms with E-state index in [2.05, 4.69) is 15.0 Å². The van der Waals surface area contributed by atoms with Crippen molar-refractivity contribution < 1.29 is 4.79 Å². The number of fused-ring (bicyclic) bond motifs is 1. The van der Waals surface area contributed by atoms with Crippen molar-refractivity contribution in [3.63, 3.8) is 0 Å². The molecule has 1 aromatic heterocycles. The zero-order chi connectivity index (χ0) is 13.7. The highest BCUT2D eigenvalue weighted by Crippen LogP contribution is 2.21. The molecule has 0 unspecified atom stereocenters. The van der Waals surface area contributed by atoms with Crippen LogP contribution in [0.5, 0.6) is 0 Å². The monoisotopic (exact) mass is 253 g/mol. The molecular formula is C15H15N3O. The summed E-state index contributed by atoms with van der Waals surface area (Å²) in [7, 11) is 0. The van der Waals surface area contributed by atoms with Gasteiger partial charge in [0.25, 0.3) is 0 Å². The summed E-state index contributed by atoms with van der Waals surface area (Å²) in [5.41, 5.74) is 1.87. The molecule has 2 aromatic rings. The van der Waals surface area contributed by atoms with Gasteiger partial charge in [-0.2, -0.15) is 0 Å². The van der Waals surface area contributed by atoms with E-state index < -0.39 is 0 Å². The highest BCUT2D eigenvalue weighted by Gasteiger charge is 2.15. The predicted molar refractivity (Wildman–Crippen MR) is 79.0 cm³/mol. The lowest BCUT2D eigenvalue weighted by molar-refractivity contribution is 0.103. The molecule has 0 aliphatic heterocycles. The van der Waals surface area contributed by atoms with E-state index in [0.717, 1.165) is 10.9 Å². The van der Waals surface area contributed by atoms with Crippen LogP contribution in [0.2, 0.25) is 0 Å². The molecule has 0 saturated carbocycles. The van der Waals surface area contributed by atoms with E-state index in [1.165, 1.54) is 6.20 Å². The third-order valence-corrected chi connectivity index (χ3v) is 2.68. The van der Waals surface area contributed by atoms with Gasteiger partial charge in [0, 0.05) is 35.1 Å². The molecular weight excluding hydrogens is 238 g/mol. The number of rotatable bonds is 4. The number of carbonyl (C=O) groups is 1. The fraction of sp³-hybridized carbons (Fsp3) is 0.133. The van der Waals surface area contributed by atoms with Gasteiger partial charge in [0.05, 0.1) is 6.20 Å². The van der Waals surface area contributed by atoms with Crippen molar-refractivity contribution in [2.24, 2.45) is 9.98 Å². The number of H-pyrrole nitrogens is 1. The van der Waals surface area contributed by atoms with Gasteiger partial charge in [-0.25, -0.2) is 0 Å². The Morgan fingerprint density at radius 1 is 1.21 bits per heavy atom. The Hall–Kier alpha value is -2.49. The predicted octanol–water partition coefficient (Wildman–Crippen LogP) is 3.37. The Labute approximate surface area is 111 Å². The van der Waals surface area contributed by atoms with E-state index in [-0.39, 0.29) is 5.78 Å². The molecule has 0 fully saturated rings. The number of aromatic nitrogens is 1. The first-order valence-corrected chi connectivity index (χ1v) is 6.05. The average Bonchev–Trinajstić information content (AvgIpc) is 2.86. The molecule has 0 saturated heterocycles. The van der Waals surface area contributed by atoms with Crippen molar-refractivity contribution in [3.8, 4) is 0 Å². The number of para-hydroxylation sites is 1. The highest BCUT2D eigenvalue weighted by molar-refractivity contribution is 6.16. The lowest BCUT2D eigenvalue weighted by Crippen LogP contribution is -2.01. The fourth-order valence-corrected chi connectivity index (χ4v) is 1.83. The van der Waals surface area contributed by atoms with Gasteiger partial charge >= 0.3 is 0 Å². The Balaban J connectivity index is 2.47. The number of nitrogens with zero attached hydrogens (tertiary/aromatic N) is 2. The molecule has 1 heterocycles. The summed E-state index contributed by atoms with van der Waals surface area (Å²) in [6.07, 6.45) is 6.39. The maximum Gasteiger partial charge on any atom is 0.215 e. The zero-order valence-corrected chi connectivity index (χ0v) is 10.9. The van der Waals surface area contributed by atoms with Crippen molar-refractivity contribution in [3.05, 3.63) is 47.9 Å². The van der Waals surface area contributed by atoms with Gasteiger partial charge in [-0.3, -0.25) is 14.8 Å². The van der Waals surface area contributed by atoms with E-state index in [9.17, 15) is 4.79 Å². The van der Waals surface area contributed by atoms with E-state index >= 15 is 0 Å². The van der Waals surface area contributed by atoms with E-state index in [1.54, 1.807) is 32.5 Å². The summed E-state index contributed by atoms with van der Waals surface area (Å²) >= 11 is 0. The number of benzene rings is 1. The SMILES string of the molecule is CC=N/C=C(\N=CC)C(=O)c1c[nH]c2ccccc12. The Morgan fingerprint density at radius 3 is 2.74 bits per heavy atom. The second kappa shape index (κ2) is 5.91. The summed E-state index contributed by atoms with van der Waals surface area (Å²) in [6, 6.07) is 7.68. The van der Waals surface area contributed by atoms with Gasteiger partial charge in [0.1, 0.15) is 5.70 Å². The Kier molecular flexibility index (Phi) is 4.03. The van der Waals surface area contributed by atoms with Crippen LogP contribution in [0.3, 0.4) is 0 Å². The van der Waals surface area contributed by atoms with Crippen LogP contribution in [0.15, 0.2) is 52.3 Å². The minimum Gasteiger partial charge on any atom is -0.360 e. The van der Waals surface area contributed by atoms with Crippen LogP contribution in [0.1, 0.15) is 24.2 Å². The molecule has 4 heteroatoms. The molecule has 0 aliphatic rings. The maximum absolute atomic E-state index is 12.4. The summed E-state index contributed by atoms with van der Waals surface area (Å²) in [5.74, 6) is -0.138. The smallest absolute Gasteiger partial charge is 0.215 e. The molecule has 0 bridgehead atoms. The average molecular weight is 253 g/mol. The highest BCUT2D eigenvalue weighted by atomic mass is 16.1. The first-order chi connectivity index (χ1) is 9.27. The van der Waals surface area contributed by atoms with Crippen molar-refractivity contribution >= 4 is 29.1 Å². The zero-order valence-electron chi connectivity index (χ0n) is 10.9. The summed E-state index contributed by atoms with van der Waals surface area (Å²) in [4.78, 5) is 23.6. The van der Waals surface area contributed by atoms with Crippen LogP contribution in [-0.2, 0) is 0 Å². The van der Waals surface area contributed by atoms with Crippen LogP contribution in [0.4, 0.5) is 0 Å².